The Kier molecular flexibility index (Phi) is 4.96. The minimum Gasteiger partial charge on any atom is -0.337 e. The highest BCUT2D eigenvalue weighted by atomic mass is 35.5. The molecule has 2 fully saturated rings. The maximum atomic E-state index is 12.8. The van der Waals surface area contributed by atoms with Gasteiger partial charge in [-0.3, -0.25) is 9.69 Å². The van der Waals surface area contributed by atoms with E-state index < -0.39 is 0 Å². The highest BCUT2D eigenvalue weighted by molar-refractivity contribution is 6.42. The number of likely N-dealkylation sites (N-methyl/N-ethyl adjacent to an activating group) is 1. The van der Waals surface area contributed by atoms with Crippen LogP contribution < -0.4 is 0 Å². The van der Waals surface area contributed by atoms with Gasteiger partial charge in [0.2, 0.25) is 0 Å². The summed E-state index contributed by atoms with van der Waals surface area (Å²) in [5, 5.41) is 0.917. The monoisotopic (exact) mass is 340 g/mol. The molecule has 0 spiro atoms. The summed E-state index contributed by atoms with van der Waals surface area (Å²) >= 11 is 12.0. The van der Waals surface area contributed by atoms with Crippen molar-refractivity contribution in [2.75, 3.05) is 20.1 Å². The lowest BCUT2D eigenvalue weighted by Crippen LogP contribution is -2.48. The number of hydrogen-bond acceptors (Lipinski definition) is 2. The van der Waals surface area contributed by atoms with Crippen molar-refractivity contribution < 1.29 is 4.79 Å². The Labute approximate surface area is 142 Å². The van der Waals surface area contributed by atoms with E-state index in [0.717, 1.165) is 6.42 Å². The first-order valence-corrected chi connectivity index (χ1v) is 8.80. The van der Waals surface area contributed by atoms with E-state index in [-0.39, 0.29) is 5.91 Å². The number of benzene rings is 1. The van der Waals surface area contributed by atoms with Crippen molar-refractivity contribution in [2.24, 2.45) is 0 Å². The summed E-state index contributed by atoms with van der Waals surface area (Å²) in [4.78, 5) is 17.2. The normalized spacial score (nSPS) is 25.6. The predicted molar refractivity (Wildman–Crippen MR) is 90.8 cm³/mol. The number of rotatable bonds is 3. The van der Waals surface area contributed by atoms with Gasteiger partial charge in [0.1, 0.15) is 0 Å². The van der Waals surface area contributed by atoms with Gasteiger partial charge >= 0.3 is 0 Å². The van der Waals surface area contributed by atoms with E-state index in [2.05, 4.69) is 4.90 Å². The van der Waals surface area contributed by atoms with Crippen LogP contribution in [0.4, 0.5) is 0 Å². The van der Waals surface area contributed by atoms with Crippen LogP contribution in [0.5, 0.6) is 0 Å². The first-order chi connectivity index (χ1) is 10.6. The molecule has 0 aromatic heterocycles. The Hall–Kier alpha value is -0.770. The molecule has 2 aliphatic rings. The molecule has 1 aliphatic heterocycles. The van der Waals surface area contributed by atoms with Crippen LogP contribution in [-0.4, -0.2) is 47.9 Å². The summed E-state index contributed by atoms with van der Waals surface area (Å²) in [6.45, 7) is 2.35. The number of hydrogen-bond donors (Lipinski definition) is 0. The van der Waals surface area contributed by atoms with Crippen LogP contribution in [0.25, 0.3) is 0 Å². The number of carbonyl (C=O) groups is 1. The number of amides is 1. The maximum Gasteiger partial charge on any atom is 0.253 e. The van der Waals surface area contributed by atoms with Crippen LogP contribution in [0.1, 0.15) is 42.5 Å². The fourth-order valence-electron chi connectivity index (χ4n) is 3.86. The molecule has 1 aliphatic carbocycles. The number of likely N-dealkylation sites (tertiary alicyclic amines) is 1. The molecule has 22 heavy (non-hydrogen) atoms. The van der Waals surface area contributed by atoms with Gasteiger partial charge in [-0.2, -0.15) is 0 Å². The topological polar surface area (TPSA) is 23.6 Å². The molecule has 0 bridgehead atoms. The van der Waals surface area contributed by atoms with Crippen molar-refractivity contribution in [3.63, 3.8) is 0 Å². The first-order valence-electron chi connectivity index (χ1n) is 8.04. The molecule has 2 unspecified atom stereocenters. The SMILES string of the molecule is CN(C(=O)c1ccc(Cl)c(Cl)c1)C1CCCC1N1CCCC1. The van der Waals surface area contributed by atoms with Gasteiger partial charge in [0.25, 0.3) is 5.91 Å². The Balaban J connectivity index is 1.75. The standard InChI is InChI=1S/C17H22Cl2N2O/c1-20(17(22)12-7-8-13(18)14(19)11-12)15-5-4-6-16(15)21-9-2-3-10-21/h7-8,11,15-16H,2-6,9-10H2,1H3. The summed E-state index contributed by atoms with van der Waals surface area (Å²) in [6, 6.07) is 5.94. The molecule has 1 amide bonds. The van der Waals surface area contributed by atoms with Gasteiger partial charge in [0.15, 0.2) is 0 Å². The first kappa shape index (κ1) is 16.1. The third-order valence-electron chi connectivity index (χ3n) is 5.04. The minimum atomic E-state index is 0.0367. The van der Waals surface area contributed by atoms with Gasteiger partial charge in [0, 0.05) is 24.7 Å². The summed E-state index contributed by atoms with van der Waals surface area (Å²) in [5.74, 6) is 0.0367. The van der Waals surface area contributed by atoms with E-state index in [1.807, 2.05) is 11.9 Å². The Morgan fingerprint density at radius 2 is 1.86 bits per heavy atom. The van der Waals surface area contributed by atoms with Gasteiger partial charge in [0.05, 0.1) is 10.0 Å². The molecule has 1 heterocycles. The van der Waals surface area contributed by atoms with Gasteiger partial charge in [-0.05, 0) is 63.4 Å². The van der Waals surface area contributed by atoms with E-state index in [9.17, 15) is 4.79 Å². The maximum absolute atomic E-state index is 12.8. The lowest BCUT2D eigenvalue weighted by molar-refractivity contribution is 0.0646. The predicted octanol–water partition coefficient (Wildman–Crippen LogP) is 4.08. The molecular formula is C17H22Cl2N2O. The minimum absolute atomic E-state index is 0.0367. The highest BCUT2D eigenvalue weighted by Gasteiger charge is 2.37. The molecule has 3 nitrogen and oxygen atoms in total. The van der Waals surface area contributed by atoms with Gasteiger partial charge < -0.3 is 4.90 Å². The lowest BCUT2D eigenvalue weighted by Gasteiger charge is -2.35. The summed E-state index contributed by atoms with van der Waals surface area (Å²) in [7, 11) is 1.92. The Morgan fingerprint density at radius 3 is 2.55 bits per heavy atom. The number of nitrogens with zero attached hydrogens (tertiary/aromatic N) is 2. The highest BCUT2D eigenvalue weighted by Crippen LogP contribution is 2.31. The fourth-order valence-corrected chi connectivity index (χ4v) is 4.15. The van der Waals surface area contributed by atoms with Crippen LogP contribution >= 0.6 is 23.2 Å². The largest absolute Gasteiger partial charge is 0.337 e. The Morgan fingerprint density at radius 1 is 1.14 bits per heavy atom. The van der Waals surface area contributed by atoms with E-state index in [1.165, 1.54) is 38.8 Å². The average Bonchev–Trinajstić information content (AvgIpc) is 3.18. The van der Waals surface area contributed by atoms with Crippen molar-refractivity contribution in [1.29, 1.82) is 0 Å². The molecule has 1 aromatic carbocycles. The van der Waals surface area contributed by atoms with Gasteiger partial charge in [-0.15, -0.1) is 0 Å². The second-order valence-electron chi connectivity index (χ2n) is 6.35. The molecule has 0 radical (unpaired) electrons. The second-order valence-corrected chi connectivity index (χ2v) is 7.17. The third kappa shape index (κ3) is 3.12. The second kappa shape index (κ2) is 6.77. The van der Waals surface area contributed by atoms with Gasteiger partial charge in [-0.25, -0.2) is 0 Å². The summed E-state index contributed by atoms with van der Waals surface area (Å²) in [6.07, 6.45) is 6.06. The molecule has 1 aromatic rings. The molecule has 1 saturated carbocycles. The van der Waals surface area contributed by atoms with Crippen molar-refractivity contribution in [3.8, 4) is 0 Å². The van der Waals surface area contributed by atoms with Crippen molar-refractivity contribution in [1.82, 2.24) is 9.80 Å². The number of halogens is 2. The molecule has 120 valence electrons. The van der Waals surface area contributed by atoms with Crippen LogP contribution in [-0.2, 0) is 0 Å². The molecular weight excluding hydrogens is 319 g/mol. The van der Waals surface area contributed by atoms with E-state index in [4.69, 9.17) is 23.2 Å². The van der Waals surface area contributed by atoms with Crippen LogP contribution in [0, 0.1) is 0 Å². The Bertz CT molecular complexity index is 558. The average molecular weight is 341 g/mol. The molecule has 0 N–H and O–H groups in total. The van der Waals surface area contributed by atoms with Crippen molar-refractivity contribution in [2.45, 2.75) is 44.2 Å². The zero-order valence-electron chi connectivity index (χ0n) is 12.9. The smallest absolute Gasteiger partial charge is 0.253 e. The summed E-state index contributed by atoms with van der Waals surface area (Å²) in [5.41, 5.74) is 0.615. The van der Waals surface area contributed by atoms with E-state index >= 15 is 0 Å². The quantitative estimate of drug-likeness (QED) is 0.827. The molecule has 3 rings (SSSR count). The van der Waals surface area contributed by atoms with Crippen LogP contribution in [0.3, 0.4) is 0 Å². The van der Waals surface area contributed by atoms with Crippen LogP contribution in [0.2, 0.25) is 10.0 Å². The molecule has 2 atom stereocenters. The fraction of sp³-hybridized carbons (Fsp3) is 0.588. The molecule has 1 saturated heterocycles. The van der Waals surface area contributed by atoms with E-state index in [0.29, 0.717) is 27.7 Å². The lowest BCUT2D eigenvalue weighted by atomic mass is 10.1. The summed E-state index contributed by atoms with van der Waals surface area (Å²) < 4.78 is 0. The van der Waals surface area contributed by atoms with E-state index in [1.54, 1.807) is 18.2 Å². The third-order valence-corrected chi connectivity index (χ3v) is 5.78. The van der Waals surface area contributed by atoms with Gasteiger partial charge in [-0.1, -0.05) is 23.2 Å². The van der Waals surface area contributed by atoms with Crippen molar-refractivity contribution >= 4 is 29.1 Å². The van der Waals surface area contributed by atoms with Crippen molar-refractivity contribution in [3.05, 3.63) is 33.8 Å². The number of carbonyl (C=O) groups excluding carboxylic acids is 1. The van der Waals surface area contributed by atoms with Crippen LogP contribution in [0.15, 0.2) is 18.2 Å². The molecule has 5 heteroatoms. The zero-order chi connectivity index (χ0) is 15.7. The zero-order valence-corrected chi connectivity index (χ0v) is 14.4.